The Kier molecular flexibility index (Phi) is 2.63. The summed E-state index contributed by atoms with van der Waals surface area (Å²) >= 11 is 0. The molecule has 0 spiro atoms. The Hall–Kier alpha value is -1.09. The van der Waals surface area contributed by atoms with Gasteiger partial charge in [-0.2, -0.15) is 0 Å². The van der Waals surface area contributed by atoms with Gasteiger partial charge >= 0.3 is 5.97 Å². The molecule has 2 aliphatic carbocycles. The van der Waals surface area contributed by atoms with Crippen molar-refractivity contribution in [2.45, 2.75) is 38.4 Å². The summed E-state index contributed by atoms with van der Waals surface area (Å²) in [5.41, 5.74) is 2.07. The van der Waals surface area contributed by atoms with Crippen LogP contribution in [-0.4, -0.2) is 23.3 Å². The van der Waals surface area contributed by atoms with Crippen LogP contribution in [0.1, 0.15) is 26.2 Å². The molecule has 18 heavy (non-hydrogen) atoms. The maximum atomic E-state index is 11.8. The molecule has 1 aliphatic heterocycles. The van der Waals surface area contributed by atoms with Crippen molar-refractivity contribution >= 4 is 5.97 Å². The molecule has 1 saturated heterocycles. The van der Waals surface area contributed by atoms with Crippen molar-refractivity contribution in [3.8, 4) is 0 Å². The van der Waals surface area contributed by atoms with Gasteiger partial charge in [0.05, 0.1) is 12.0 Å². The van der Waals surface area contributed by atoms with E-state index in [1.165, 1.54) is 0 Å². The second-order valence-electron chi connectivity index (χ2n) is 6.01. The number of aliphatic hydroxyl groups is 1. The first-order chi connectivity index (χ1) is 8.50. The van der Waals surface area contributed by atoms with Gasteiger partial charge in [0.25, 0.3) is 0 Å². The van der Waals surface area contributed by atoms with Crippen LogP contribution in [0.4, 0.5) is 0 Å². The number of hydrogen-bond acceptors (Lipinski definition) is 3. The molecule has 0 radical (unpaired) electrons. The number of fused-ring (bicyclic) bond motifs is 3. The Labute approximate surface area is 108 Å². The fourth-order valence-corrected chi connectivity index (χ4v) is 3.97. The van der Waals surface area contributed by atoms with Crippen molar-refractivity contribution in [1.29, 1.82) is 0 Å². The Morgan fingerprint density at radius 2 is 2.11 bits per heavy atom. The molecule has 98 valence electrons. The van der Waals surface area contributed by atoms with Crippen molar-refractivity contribution < 1.29 is 14.6 Å². The molecule has 0 aromatic rings. The van der Waals surface area contributed by atoms with Gasteiger partial charge in [-0.3, -0.25) is 4.79 Å². The van der Waals surface area contributed by atoms with Gasteiger partial charge in [0.15, 0.2) is 0 Å². The van der Waals surface area contributed by atoms with E-state index >= 15 is 0 Å². The molecule has 0 aromatic heterocycles. The average Bonchev–Trinajstić information content (AvgIpc) is 2.80. The predicted octanol–water partition coefficient (Wildman–Crippen LogP) is 2.07. The number of aliphatic hydroxyl groups excluding tert-OH is 1. The van der Waals surface area contributed by atoms with E-state index in [0.717, 1.165) is 24.0 Å². The highest BCUT2D eigenvalue weighted by Crippen LogP contribution is 2.52. The fraction of sp³-hybridized carbons (Fsp3) is 0.667. The molecule has 0 amide bonds. The van der Waals surface area contributed by atoms with Gasteiger partial charge in [-0.15, -0.1) is 0 Å². The second-order valence-corrected chi connectivity index (χ2v) is 6.01. The van der Waals surface area contributed by atoms with Crippen molar-refractivity contribution in [3.05, 3.63) is 24.3 Å². The van der Waals surface area contributed by atoms with Crippen molar-refractivity contribution in [3.63, 3.8) is 0 Å². The van der Waals surface area contributed by atoms with E-state index in [0.29, 0.717) is 6.42 Å². The molecule has 3 rings (SSSR count). The lowest BCUT2D eigenvalue weighted by Gasteiger charge is -2.26. The van der Waals surface area contributed by atoms with E-state index in [1.807, 2.05) is 6.92 Å². The van der Waals surface area contributed by atoms with E-state index in [2.05, 4.69) is 13.2 Å². The van der Waals surface area contributed by atoms with Gasteiger partial charge < -0.3 is 9.84 Å². The van der Waals surface area contributed by atoms with E-state index in [1.54, 1.807) is 0 Å². The Morgan fingerprint density at radius 3 is 2.83 bits per heavy atom. The van der Waals surface area contributed by atoms with Crippen LogP contribution >= 0.6 is 0 Å². The lowest BCUT2D eigenvalue weighted by atomic mass is 9.80. The first kappa shape index (κ1) is 12.0. The van der Waals surface area contributed by atoms with E-state index in [4.69, 9.17) is 4.74 Å². The number of hydrogen-bond donors (Lipinski definition) is 1. The van der Waals surface area contributed by atoms with Gasteiger partial charge in [0.1, 0.15) is 6.10 Å². The Balaban J connectivity index is 2.01. The minimum absolute atomic E-state index is 0.0959. The van der Waals surface area contributed by atoms with Gasteiger partial charge in [-0.1, -0.05) is 25.7 Å². The lowest BCUT2D eigenvalue weighted by molar-refractivity contribution is -0.145. The van der Waals surface area contributed by atoms with Gasteiger partial charge in [0, 0.05) is 11.8 Å². The average molecular weight is 248 g/mol. The van der Waals surface area contributed by atoms with Crippen LogP contribution in [0.2, 0.25) is 0 Å². The first-order valence-electron chi connectivity index (χ1n) is 6.75. The molecule has 1 N–H and O–H groups in total. The van der Waals surface area contributed by atoms with E-state index < -0.39 is 6.10 Å². The maximum absolute atomic E-state index is 11.8. The molecular formula is C15H20O3. The quantitative estimate of drug-likeness (QED) is 0.527. The summed E-state index contributed by atoms with van der Waals surface area (Å²) < 4.78 is 5.59. The number of carbonyl (C=O) groups excluding carboxylic acids is 1. The van der Waals surface area contributed by atoms with Crippen molar-refractivity contribution in [2.24, 2.45) is 23.7 Å². The summed E-state index contributed by atoms with van der Waals surface area (Å²) in [5.74, 6) is 0.274. The molecule has 0 unspecified atom stereocenters. The van der Waals surface area contributed by atoms with Crippen LogP contribution < -0.4 is 0 Å². The standard InChI is InChI=1S/C15H20O3/c1-7-4-5-10-8(2)12(16)6-11-9(3)15(17)18-14(11)13(7)10/h9-14,16H,1-2,4-6H2,3H3/t9-,10-,11-,12+,13-,14-/m0/s1. The zero-order valence-corrected chi connectivity index (χ0v) is 10.8. The summed E-state index contributed by atoms with van der Waals surface area (Å²) in [7, 11) is 0. The van der Waals surface area contributed by atoms with Crippen molar-refractivity contribution in [1.82, 2.24) is 0 Å². The monoisotopic (exact) mass is 248 g/mol. The van der Waals surface area contributed by atoms with Crippen LogP contribution in [0, 0.1) is 23.7 Å². The third kappa shape index (κ3) is 1.50. The number of esters is 1. The maximum Gasteiger partial charge on any atom is 0.309 e. The van der Waals surface area contributed by atoms with Gasteiger partial charge in [0.2, 0.25) is 0 Å². The zero-order chi connectivity index (χ0) is 13.0. The summed E-state index contributed by atoms with van der Waals surface area (Å²) in [5, 5.41) is 10.2. The molecule has 3 nitrogen and oxygen atoms in total. The molecule has 2 saturated carbocycles. The van der Waals surface area contributed by atoms with Crippen LogP contribution in [0.25, 0.3) is 0 Å². The Morgan fingerprint density at radius 1 is 1.39 bits per heavy atom. The molecule has 3 aliphatic rings. The highest BCUT2D eigenvalue weighted by molar-refractivity contribution is 5.75. The lowest BCUT2D eigenvalue weighted by Crippen LogP contribution is -2.29. The second kappa shape index (κ2) is 3.95. The number of ether oxygens (including phenoxy) is 1. The first-order valence-corrected chi connectivity index (χ1v) is 6.75. The normalized spacial score (nSPS) is 47.6. The minimum atomic E-state index is -0.504. The molecule has 1 heterocycles. The largest absolute Gasteiger partial charge is 0.461 e. The highest BCUT2D eigenvalue weighted by Gasteiger charge is 2.53. The summed E-state index contributed by atoms with van der Waals surface area (Å²) in [6.45, 7) is 10.1. The fourth-order valence-electron chi connectivity index (χ4n) is 3.97. The van der Waals surface area contributed by atoms with E-state index in [-0.39, 0.29) is 35.7 Å². The smallest absolute Gasteiger partial charge is 0.309 e. The molecule has 0 bridgehead atoms. The summed E-state index contributed by atoms with van der Waals surface area (Å²) in [6.07, 6.45) is 1.93. The minimum Gasteiger partial charge on any atom is -0.461 e. The van der Waals surface area contributed by atoms with Crippen LogP contribution in [0.5, 0.6) is 0 Å². The number of carbonyl (C=O) groups is 1. The van der Waals surface area contributed by atoms with Crippen LogP contribution in [-0.2, 0) is 9.53 Å². The summed E-state index contributed by atoms with van der Waals surface area (Å²) in [6, 6.07) is 0. The Bertz CT molecular complexity index is 425. The number of rotatable bonds is 0. The topological polar surface area (TPSA) is 46.5 Å². The van der Waals surface area contributed by atoms with Crippen LogP contribution in [0.3, 0.4) is 0 Å². The van der Waals surface area contributed by atoms with E-state index in [9.17, 15) is 9.90 Å². The van der Waals surface area contributed by atoms with Crippen LogP contribution in [0.15, 0.2) is 24.3 Å². The molecule has 6 atom stereocenters. The predicted molar refractivity (Wildman–Crippen MR) is 67.7 cm³/mol. The van der Waals surface area contributed by atoms with Gasteiger partial charge in [-0.05, 0) is 30.8 Å². The van der Waals surface area contributed by atoms with Crippen molar-refractivity contribution in [2.75, 3.05) is 0 Å². The van der Waals surface area contributed by atoms with Gasteiger partial charge in [-0.25, -0.2) is 0 Å². The molecule has 3 heteroatoms. The third-order valence-electron chi connectivity index (χ3n) is 5.12. The molecule has 3 fully saturated rings. The molecule has 0 aromatic carbocycles. The molecular weight excluding hydrogens is 228 g/mol. The third-order valence-corrected chi connectivity index (χ3v) is 5.12. The SMILES string of the molecule is C=C1CC[C@H]2C(=C)[C@H](O)C[C@@H]3[C@H](OC(=O)[C@H]3C)[C@@H]12. The summed E-state index contributed by atoms with van der Waals surface area (Å²) in [4.78, 5) is 11.8. The highest BCUT2D eigenvalue weighted by atomic mass is 16.6. The zero-order valence-electron chi connectivity index (χ0n) is 10.8.